The predicted octanol–water partition coefficient (Wildman–Crippen LogP) is 6.48. The van der Waals surface area contributed by atoms with Gasteiger partial charge in [-0.15, -0.1) is 0 Å². The van der Waals surface area contributed by atoms with Crippen LogP contribution < -0.4 is 0 Å². The number of fused-ring (bicyclic) bond motifs is 1. The smallest absolute Gasteiger partial charge is 0.0500 e. The number of benzene rings is 3. The van der Waals surface area contributed by atoms with Crippen molar-refractivity contribution < 1.29 is 0 Å². The van der Waals surface area contributed by atoms with Gasteiger partial charge in [0.25, 0.3) is 0 Å². The number of H-pyrrole nitrogens is 1. The minimum absolute atomic E-state index is 0.934. The summed E-state index contributed by atoms with van der Waals surface area (Å²) in [6, 6.07) is 29.7. The second-order valence-electron chi connectivity index (χ2n) is 6.47. The molecule has 0 amide bonds. The fourth-order valence-electron chi connectivity index (χ4n) is 3.40. The Labute approximate surface area is 148 Å². The lowest BCUT2D eigenvalue weighted by Gasteiger charge is -2.06. The number of rotatable bonds is 4. The predicted molar refractivity (Wildman–Crippen MR) is 108 cm³/mol. The zero-order valence-corrected chi connectivity index (χ0v) is 14.4. The number of nitrogens with one attached hydrogen (secondary N) is 1. The Morgan fingerprint density at radius 3 is 2.20 bits per heavy atom. The van der Waals surface area contributed by atoms with E-state index in [1.54, 1.807) is 0 Å². The Hall–Kier alpha value is -3.06. The molecule has 0 atom stereocenters. The average molecular weight is 323 g/mol. The van der Waals surface area contributed by atoms with Gasteiger partial charge in [0.15, 0.2) is 0 Å². The van der Waals surface area contributed by atoms with Gasteiger partial charge in [-0.3, -0.25) is 0 Å². The highest BCUT2D eigenvalue weighted by Gasteiger charge is 2.13. The molecule has 0 saturated carbocycles. The number of hydrogen-bond acceptors (Lipinski definition) is 0. The standard InChI is InChI=1S/C24H21N/c1-18(16-19-10-4-2-5-11-19)17-22-21-14-8-9-15-23(21)25-24(22)20-12-6-3-7-13-20/h2-16,25H,17H2,1H3/b18-16-. The monoisotopic (exact) mass is 323 g/mol. The summed E-state index contributed by atoms with van der Waals surface area (Å²) in [4.78, 5) is 3.62. The summed E-state index contributed by atoms with van der Waals surface area (Å²) in [5, 5.41) is 1.31. The second kappa shape index (κ2) is 6.82. The van der Waals surface area contributed by atoms with Gasteiger partial charge in [-0.1, -0.05) is 90.5 Å². The number of aromatic nitrogens is 1. The third kappa shape index (κ3) is 3.27. The van der Waals surface area contributed by atoms with Crippen LogP contribution in [0.15, 0.2) is 90.5 Å². The molecule has 4 aromatic rings. The van der Waals surface area contributed by atoms with Gasteiger partial charge in [0, 0.05) is 10.9 Å². The number of para-hydroxylation sites is 1. The van der Waals surface area contributed by atoms with Crippen LogP contribution in [-0.4, -0.2) is 4.98 Å². The van der Waals surface area contributed by atoms with E-state index < -0.39 is 0 Å². The van der Waals surface area contributed by atoms with Crippen LogP contribution in [0.1, 0.15) is 18.1 Å². The van der Waals surface area contributed by atoms with Crippen molar-refractivity contribution in [2.45, 2.75) is 13.3 Å². The van der Waals surface area contributed by atoms with Gasteiger partial charge < -0.3 is 4.98 Å². The highest BCUT2D eigenvalue weighted by Crippen LogP contribution is 2.32. The van der Waals surface area contributed by atoms with Crippen LogP contribution in [0, 0.1) is 0 Å². The van der Waals surface area contributed by atoms with E-state index >= 15 is 0 Å². The minimum Gasteiger partial charge on any atom is -0.354 e. The zero-order valence-electron chi connectivity index (χ0n) is 14.4. The molecule has 4 rings (SSSR count). The molecule has 0 aliphatic heterocycles. The highest BCUT2D eigenvalue weighted by atomic mass is 14.7. The van der Waals surface area contributed by atoms with Crippen molar-refractivity contribution in [1.29, 1.82) is 0 Å². The maximum absolute atomic E-state index is 3.62. The third-order valence-electron chi connectivity index (χ3n) is 4.54. The molecule has 0 aliphatic rings. The van der Waals surface area contributed by atoms with Crippen molar-refractivity contribution >= 4 is 17.0 Å². The molecule has 0 fully saturated rings. The van der Waals surface area contributed by atoms with E-state index in [9.17, 15) is 0 Å². The van der Waals surface area contributed by atoms with E-state index in [4.69, 9.17) is 0 Å². The van der Waals surface area contributed by atoms with Gasteiger partial charge >= 0.3 is 0 Å². The fourth-order valence-corrected chi connectivity index (χ4v) is 3.40. The molecule has 0 radical (unpaired) electrons. The van der Waals surface area contributed by atoms with Crippen molar-refractivity contribution in [3.63, 3.8) is 0 Å². The first-order chi connectivity index (χ1) is 12.3. The first-order valence-electron chi connectivity index (χ1n) is 8.68. The van der Waals surface area contributed by atoms with Crippen LogP contribution in [0.25, 0.3) is 28.2 Å². The summed E-state index contributed by atoms with van der Waals surface area (Å²) < 4.78 is 0. The second-order valence-corrected chi connectivity index (χ2v) is 6.47. The normalized spacial score (nSPS) is 11.8. The Bertz CT molecular complexity index is 1010. The summed E-state index contributed by atoms with van der Waals surface area (Å²) in [6.45, 7) is 2.21. The Morgan fingerprint density at radius 2 is 1.44 bits per heavy atom. The highest BCUT2D eigenvalue weighted by molar-refractivity contribution is 5.91. The molecule has 0 aliphatic carbocycles. The lowest BCUT2D eigenvalue weighted by molar-refractivity contribution is 1.17. The fraction of sp³-hybridized carbons (Fsp3) is 0.0833. The van der Waals surface area contributed by atoms with Crippen LogP contribution in [0.4, 0.5) is 0 Å². The van der Waals surface area contributed by atoms with Crippen LogP contribution in [0.5, 0.6) is 0 Å². The van der Waals surface area contributed by atoms with Crippen LogP contribution in [0.2, 0.25) is 0 Å². The molecule has 0 spiro atoms. The molecule has 25 heavy (non-hydrogen) atoms. The van der Waals surface area contributed by atoms with Gasteiger partial charge in [-0.25, -0.2) is 0 Å². The molecule has 0 saturated heterocycles. The van der Waals surface area contributed by atoms with Crippen molar-refractivity contribution in [3.8, 4) is 11.3 Å². The lowest BCUT2D eigenvalue weighted by atomic mass is 9.98. The molecule has 1 N–H and O–H groups in total. The van der Waals surface area contributed by atoms with E-state index in [0.717, 1.165) is 6.42 Å². The summed E-state index contributed by atoms with van der Waals surface area (Å²) in [5.41, 5.74) is 7.63. The average Bonchev–Trinajstić information content (AvgIpc) is 3.02. The molecule has 3 aromatic carbocycles. The molecule has 0 bridgehead atoms. The van der Waals surface area contributed by atoms with Gasteiger partial charge in [0.1, 0.15) is 0 Å². The quantitative estimate of drug-likeness (QED) is 0.442. The summed E-state index contributed by atoms with van der Waals surface area (Å²) in [5.74, 6) is 0. The molecule has 1 nitrogen and oxygen atoms in total. The number of hydrogen-bond donors (Lipinski definition) is 1. The molecule has 0 unspecified atom stereocenters. The Kier molecular flexibility index (Phi) is 4.22. The number of aromatic amines is 1. The number of allylic oxidation sites excluding steroid dienone is 1. The van der Waals surface area contributed by atoms with E-state index in [2.05, 4.69) is 103 Å². The van der Waals surface area contributed by atoms with Crippen molar-refractivity contribution in [3.05, 3.63) is 102 Å². The Balaban J connectivity index is 1.79. The van der Waals surface area contributed by atoms with E-state index in [1.165, 1.54) is 38.9 Å². The molecular weight excluding hydrogens is 302 g/mol. The summed E-state index contributed by atoms with van der Waals surface area (Å²) >= 11 is 0. The van der Waals surface area contributed by atoms with Gasteiger partial charge in [-0.05, 0) is 36.1 Å². The maximum atomic E-state index is 3.62. The van der Waals surface area contributed by atoms with Crippen LogP contribution >= 0.6 is 0 Å². The molecular formula is C24H21N. The zero-order chi connectivity index (χ0) is 17.1. The van der Waals surface area contributed by atoms with Gasteiger partial charge in [0.2, 0.25) is 0 Å². The molecule has 1 aromatic heterocycles. The maximum Gasteiger partial charge on any atom is 0.0500 e. The van der Waals surface area contributed by atoms with E-state index in [-0.39, 0.29) is 0 Å². The van der Waals surface area contributed by atoms with Crippen LogP contribution in [-0.2, 0) is 6.42 Å². The largest absolute Gasteiger partial charge is 0.354 e. The topological polar surface area (TPSA) is 15.8 Å². The molecule has 122 valence electrons. The van der Waals surface area contributed by atoms with E-state index in [0.29, 0.717) is 0 Å². The minimum atomic E-state index is 0.934. The summed E-state index contributed by atoms with van der Waals surface area (Å²) in [7, 11) is 0. The Morgan fingerprint density at radius 1 is 0.800 bits per heavy atom. The van der Waals surface area contributed by atoms with Crippen molar-refractivity contribution in [2.24, 2.45) is 0 Å². The first kappa shape index (κ1) is 15.5. The lowest BCUT2D eigenvalue weighted by Crippen LogP contribution is -1.90. The molecule has 1 heterocycles. The SMILES string of the molecule is C/C(=C/c1ccccc1)Cc1c(-c2ccccc2)[nH]c2ccccc12. The van der Waals surface area contributed by atoms with Gasteiger partial charge in [-0.2, -0.15) is 0 Å². The van der Waals surface area contributed by atoms with Crippen molar-refractivity contribution in [2.75, 3.05) is 0 Å². The summed E-state index contributed by atoms with van der Waals surface area (Å²) in [6.07, 6.45) is 3.21. The molecule has 1 heteroatoms. The third-order valence-corrected chi connectivity index (χ3v) is 4.54. The van der Waals surface area contributed by atoms with Crippen LogP contribution in [0.3, 0.4) is 0 Å². The first-order valence-corrected chi connectivity index (χ1v) is 8.68. The van der Waals surface area contributed by atoms with Gasteiger partial charge in [0.05, 0.1) is 5.69 Å². The van der Waals surface area contributed by atoms with Crippen molar-refractivity contribution in [1.82, 2.24) is 4.98 Å². The van der Waals surface area contributed by atoms with E-state index in [1.807, 2.05) is 0 Å².